The van der Waals surface area contributed by atoms with Crippen molar-refractivity contribution in [2.24, 2.45) is 11.7 Å². The first-order valence-corrected chi connectivity index (χ1v) is 22.1. The molecule has 66 heavy (non-hydrogen) atoms. The molecular formula is C48H63N7O11. The monoisotopic (exact) mass is 913 g/mol. The van der Waals surface area contributed by atoms with Crippen LogP contribution in [-0.2, 0) is 60.8 Å². The fourth-order valence-electron chi connectivity index (χ4n) is 6.29. The number of anilines is 2. The molecule has 0 spiro atoms. The number of ether oxygens (including phenoxy) is 5. The first kappa shape index (κ1) is 52.3. The smallest absolute Gasteiger partial charge is 0.407 e. The van der Waals surface area contributed by atoms with Crippen molar-refractivity contribution >= 4 is 47.0 Å². The number of nitrogens with two attached hydrogens (primary N) is 1. The Labute approximate surface area is 386 Å². The second kappa shape index (κ2) is 29.2. The minimum absolute atomic E-state index is 0.0246. The molecule has 3 aromatic carbocycles. The van der Waals surface area contributed by atoms with Gasteiger partial charge in [0.1, 0.15) is 18.7 Å². The molecule has 18 heteroatoms. The third kappa shape index (κ3) is 19.0. The number of nitrogens with one attached hydrogen (secondary N) is 5. The topological polar surface area (TPSA) is 238 Å². The van der Waals surface area contributed by atoms with Crippen LogP contribution in [0.3, 0.4) is 0 Å². The molecule has 0 saturated carbocycles. The molecule has 0 saturated heterocycles. The van der Waals surface area contributed by atoms with Crippen molar-refractivity contribution < 1.29 is 52.5 Å². The van der Waals surface area contributed by atoms with Crippen LogP contribution in [0.4, 0.5) is 16.2 Å². The number of para-hydroxylation sites is 1. The maximum absolute atomic E-state index is 13.3. The van der Waals surface area contributed by atoms with Crippen molar-refractivity contribution in [3.63, 3.8) is 0 Å². The zero-order valence-electron chi connectivity index (χ0n) is 38.0. The van der Waals surface area contributed by atoms with Crippen molar-refractivity contribution in [2.45, 2.75) is 65.3 Å². The maximum Gasteiger partial charge on any atom is 0.407 e. The molecule has 1 aliphatic heterocycles. The molecule has 0 radical (unpaired) electrons. The van der Waals surface area contributed by atoms with E-state index in [-0.39, 0.29) is 75.9 Å². The van der Waals surface area contributed by atoms with Gasteiger partial charge in [-0.15, -0.1) is 0 Å². The van der Waals surface area contributed by atoms with Gasteiger partial charge < -0.3 is 60.9 Å². The fraction of sp³-hybridized carbons (Fsp3) is 0.458. The standard InChI is InChI=1S/C48H63N7O11/c1-34(2)45(47(60)52-35(3)46(59)53-40-16-12-36(13-17-40)33-66-48(61)51-23-21-49)54-43(57)20-25-63-27-29-65-31-30-64-28-26-62-24-19-42(56)50-22-18-44(58)55-32-39-10-5-4-8-37(39)14-15-38-9-6-7-11-41(38)55/h4-13,16-17,34-35,45H,18-33,49H2,1-3H3,(H,50,56)(H,51,61)(H,52,60)(H,53,59)(H,54,57)/t35-,45?/m0/s1. The van der Waals surface area contributed by atoms with Crippen LogP contribution in [-0.4, -0.2) is 120 Å². The largest absolute Gasteiger partial charge is 0.445 e. The first-order chi connectivity index (χ1) is 31.9. The van der Waals surface area contributed by atoms with E-state index in [4.69, 9.17) is 29.4 Å². The molecule has 3 aromatic rings. The summed E-state index contributed by atoms with van der Waals surface area (Å²) in [4.78, 5) is 77.5. The number of amides is 6. The Hall–Kier alpha value is -6.36. The van der Waals surface area contributed by atoms with Crippen LogP contribution in [0.1, 0.15) is 62.3 Å². The lowest BCUT2D eigenvalue weighted by atomic mass is 10.0. The summed E-state index contributed by atoms with van der Waals surface area (Å²) in [6, 6.07) is 20.3. The highest BCUT2D eigenvalue weighted by Crippen LogP contribution is 2.26. The van der Waals surface area contributed by atoms with Crippen molar-refractivity contribution in [3.05, 3.63) is 95.1 Å². The third-order valence-corrected chi connectivity index (χ3v) is 9.92. The van der Waals surface area contributed by atoms with E-state index in [1.807, 2.05) is 48.5 Å². The fourth-order valence-corrected chi connectivity index (χ4v) is 6.29. The van der Waals surface area contributed by atoms with Gasteiger partial charge in [-0.1, -0.05) is 68.2 Å². The van der Waals surface area contributed by atoms with Crippen LogP contribution in [0.2, 0.25) is 0 Å². The lowest BCUT2D eigenvalue weighted by molar-refractivity contribution is -0.132. The molecular weight excluding hydrogens is 851 g/mol. The number of benzene rings is 3. The Balaban J connectivity index is 0.972. The number of rotatable bonds is 28. The predicted molar refractivity (Wildman–Crippen MR) is 247 cm³/mol. The van der Waals surface area contributed by atoms with Crippen LogP contribution in [0.25, 0.3) is 0 Å². The highest BCUT2D eigenvalue weighted by Gasteiger charge is 2.27. The zero-order valence-corrected chi connectivity index (χ0v) is 38.0. The Morgan fingerprint density at radius 2 is 1.24 bits per heavy atom. The summed E-state index contributed by atoms with van der Waals surface area (Å²) in [5.74, 6) is 4.50. The van der Waals surface area contributed by atoms with Crippen LogP contribution in [0.15, 0.2) is 72.8 Å². The van der Waals surface area contributed by atoms with E-state index in [0.717, 1.165) is 22.4 Å². The molecule has 4 rings (SSSR count). The predicted octanol–water partition coefficient (Wildman–Crippen LogP) is 2.76. The van der Waals surface area contributed by atoms with Gasteiger partial charge in [-0.2, -0.15) is 0 Å². The molecule has 0 fully saturated rings. The van der Waals surface area contributed by atoms with Crippen molar-refractivity contribution in [1.82, 2.24) is 21.3 Å². The molecule has 0 aliphatic carbocycles. The van der Waals surface area contributed by atoms with E-state index in [9.17, 15) is 28.8 Å². The van der Waals surface area contributed by atoms with Gasteiger partial charge in [0.2, 0.25) is 29.5 Å². The molecule has 1 heterocycles. The van der Waals surface area contributed by atoms with E-state index in [1.165, 1.54) is 0 Å². The molecule has 2 atom stereocenters. The van der Waals surface area contributed by atoms with Gasteiger partial charge in [0.15, 0.2) is 0 Å². The molecule has 18 nitrogen and oxygen atoms in total. The van der Waals surface area contributed by atoms with E-state index >= 15 is 0 Å². The molecule has 7 N–H and O–H groups in total. The van der Waals surface area contributed by atoms with Gasteiger partial charge >= 0.3 is 6.09 Å². The molecule has 1 aliphatic rings. The highest BCUT2D eigenvalue weighted by atomic mass is 16.6. The number of hydrogen-bond donors (Lipinski definition) is 6. The molecule has 356 valence electrons. The van der Waals surface area contributed by atoms with Crippen molar-refractivity contribution in [1.29, 1.82) is 0 Å². The second-order valence-corrected chi connectivity index (χ2v) is 15.5. The summed E-state index contributed by atoms with van der Waals surface area (Å²) in [6.45, 7) is 8.53. The quantitative estimate of drug-likeness (QED) is 0.0456. The van der Waals surface area contributed by atoms with Crippen molar-refractivity contribution in [3.8, 4) is 11.8 Å². The minimum atomic E-state index is -0.898. The van der Waals surface area contributed by atoms with Crippen LogP contribution < -0.4 is 37.2 Å². The first-order valence-electron chi connectivity index (χ1n) is 22.1. The average molecular weight is 914 g/mol. The van der Waals surface area contributed by atoms with Gasteiger partial charge in [0, 0.05) is 55.7 Å². The number of alkyl carbamates (subject to hydrolysis) is 1. The van der Waals surface area contributed by atoms with E-state index < -0.39 is 30.0 Å². The molecule has 0 bridgehead atoms. The Morgan fingerprint density at radius 3 is 1.89 bits per heavy atom. The Kier molecular flexibility index (Phi) is 23.1. The maximum atomic E-state index is 13.3. The zero-order chi connectivity index (χ0) is 47.5. The molecule has 6 amide bonds. The highest BCUT2D eigenvalue weighted by molar-refractivity contribution is 5.98. The van der Waals surface area contributed by atoms with E-state index in [2.05, 4.69) is 38.4 Å². The minimum Gasteiger partial charge on any atom is -0.445 e. The number of carbonyl (C=O) groups is 6. The van der Waals surface area contributed by atoms with Gasteiger partial charge in [0.05, 0.1) is 65.1 Å². The molecule has 1 unspecified atom stereocenters. The van der Waals surface area contributed by atoms with Crippen LogP contribution >= 0.6 is 0 Å². The lowest BCUT2D eigenvalue weighted by Crippen LogP contribution is -2.53. The number of nitrogens with zero attached hydrogens (tertiary/aromatic N) is 1. The Bertz CT molecular complexity index is 2110. The SMILES string of the molecule is CC(C)C(NC(=O)CCOCCOCCOCCOCCC(=O)NCCC(=O)N1Cc2ccccc2C#Cc2ccccc21)C(=O)N[C@@H](C)C(=O)Nc1ccc(COC(=O)NCCN)cc1. The number of carbonyl (C=O) groups excluding carboxylic acids is 6. The summed E-state index contributed by atoms with van der Waals surface area (Å²) >= 11 is 0. The third-order valence-electron chi connectivity index (χ3n) is 9.92. The average Bonchev–Trinajstić information content (AvgIpc) is 3.30. The van der Waals surface area contributed by atoms with Crippen molar-refractivity contribution in [2.75, 3.05) is 82.7 Å². The van der Waals surface area contributed by atoms with Gasteiger partial charge in [-0.05, 0) is 54.3 Å². The van der Waals surface area contributed by atoms with Gasteiger partial charge in [-0.3, -0.25) is 24.0 Å². The second-order valence-electron chi connectivity index (χ2n) is 15.5. The van der Waals surface area contributed by atoms with Gasteiger partial charge in [0.25, 0.3) is 0 Å². The summed E-state index contributed by atoms with van der Waals surface area (Å²) in [5.41, 5.74) is 9.93. The van der Waals surface area contributed by atoms with Crippen LogP contribution in [0.5, 0.6) is 0 Å². The summed E-state index contributed by atoms with van der Waals surface area (Å²) in [6.07, 6.45) is -0.262. The summed E-state index contributed by atoms with van der Waals surface area (Å²) in [5, 5.41) is 13.4. The van der Waals surface area contributed by atoms with Gasteiger partial charge in [-0.25, -0.2) is 4.79 Å². The van der Waals surface area contributed by atoms with E-state index in [1.54, 1.807) is 49.9 Å². The number of fused-ring (bicyclic) bond motifs is 2. The van der Waals surface area contributed by atoms with Crippen LogP contribution in [0, 0.1) is 17.8 Å². The summed E-state index contributed by atoms with van der Waals surface area (Å²) in [7, 11) is 0. The Morgan fingerprint density at radius 1 is 0.652 bits per heavy atom. The lowest BCUT2D eigenvalue weighted by Gasteiger charge is -2.26. The normalized spacial score (nSPS) is 12.5. The molecule has 0 aromatic heterocycles. The van der Waals surface area contributed by atoms with E-state index in [0.29, 0.717) is 63.9 Å². The summed E-state index contributed by atoms with van der Waals surface area (Å²) < 4.78 is 27.1. The number of hydrogen-bond acceptors (Lipinski definition) is 12.